The normalized spacial score (nSPS) is 21.7. The summed E-state index contributed by atoms with van der Waals surface area (Å²) in [5.41, 5.74) is 0.866. The largest absolute Gasteiger partial charge is 0.383 e. The maximum atomic E-state index is 5.46. The Kier molecular flexibility index (Phi) is 5.95. The molecule has 10 nitrogen and oxygen atoms in total. The maximum absolute atomic E-state index is 5.46. The average molecular weight is 377 g/mol. The molecule has 148 valence electrons. The molecule has 4 rings (SSSR count). The highest BCUT2D eigenvalue weighted by atomic mass is 16.6. The van der Waals surface area contributed by atoms with Crippen LogP contribution in [0.15, 0.2) is 4.63 Å². The molecule has 4 heterocycles. The quantitative estimate of drug-likeness (QED) is 0.739. The highest BCUT2D eigenvalue weighted by Gasteiger charge is 2.23. The first-order chi connectivity index (χ1) is 13.3. The van der Waals surface area contributed by atoms with E-state index in [2.05, 4.69) is 35.4 Å². The first-order valence-corrected chi connectivity index (χ1v) is 9.61. The Morgan fingerprint density at radius 3 is 2.78 bits per heavy atom. The van der Waals surface area contributed by atoms with E-state index in [1.807, 2.05) is 0 Å². The molecule has 2 aliphatic rings. The fourth-order valence-electron chi connectivity index (χ4n) is 3.73. The van der Waals surface area contributed by atoms with Crippen LogP contribution in [0.3, 0.4) is 0 Å². The molecule has 0 radical (unpaired) electrons. The summed E-state index contributed by atoms with van der Waals surface area (Å²) in [7, 11) is 1.75. The van der Waals surface area contributed by atoms with Crippen molar-refractivity contribution in [2.24, 2.45) is 5.92 Å². The Labute approximate surface area is 158 Å². The molecule has 0 aliphatic carbocycles. The van der Waals surface area contributed by atoms with E-state index < -0.39 is 0 Å². The third kappa shape index (κ3) is 4.45. The molecule has 0 amide bonds. The van der Waals surface area contributed by atoms with Gasteiger partial charge in [-0.05, 0) is 35.6 Å². The van der Waals surface area contributed by atoms with E-state index in [1.165, 1.54) is 12.8 Å². The third-order valence-corrected chi connectivity index (χ3v) is 5.18. The molecule has 2 aromatic rings. The molecule has 1 N–H and O–H groups in total. The fraction of sp³-hybridized carbons (Fsp3) is 0.765. The number of morpholine rings is 1. The van der Waals surface area contributed by atoms with Crippen LogP contribution in [0, 0.1) is 5.92 Å². The van der Waals surface area contributed by atoms with Crippen molar-refractivity contribution in [2.75, 3.05) is 76.4 Å². The van der Waals surface area contributed by atoms with Gasteiger partial charge in [-0.25, -0.2) is 14.6 Å². The first kappa shape index (κ1) is 18.3. The Hall–Kier alpha value is -2.04. The summed E-state index contributed by atoms with van der Waals surface area (Å²) < 4.78 is 15.5. The maximum Gasteiger partial charge on any atom is 0.245 e. The minimum Gasteiger partial charge on any atom is -0.383 e. The summed E-state index contributed by atoms with van der Waals surface area (Å²) in [6, 6.07) is 0. The Balaban J connectivity index is 1.45. The van der Waals surface area contributed by atoms with Gasteiger partial charge in [0.05, 0.1) is 19.8 Å². The van der Waals surface area contributed by atoms with Crippen molar-refractivity contribution in [3.8, 4) is 0 Å². The van der Waals surface area contributed by atoms with Crippen LogP contribution >= 0.6 is 0 Å². The smallest absolute Gasteiger partial charge is 0.245 e. The molecule has 27 heavy (non-hydrogen) atoms. The van der Waals surface area contributed by atoms with Crippen molar-refractivity contribution >= 4 is 22.9 Å². The number of likely N-dealkylation sites (tertiary alicyclic amines) is 1. The zero-order chi connectivity index (χ0) is 18.5. The van der Waals surface area contributed by atoms with Gasteiger partial charge in [-0.3, -0.25) is 0 Å². The van der Waals surface area contributed by atoms with Crippen LogP contribution in [0.5, 0.6) is 0 Å². The van der Waals surface area contributed by atoms with Crippen LogP contribution in [0.4, 0.5) is 11.6 Å². The van der Waals surface area contributed by atoms with Gasteiger partial charge in [0.25, 0.3) is 0 Å². The predicted molar refractivity (Wildman–Crippen MR) is 100.0 cm³/mol. The van der Waals surface area contributed by atoms with E-state index in [4.69, 9.17) is 14.1 Å². The van der Waals surface area contributed by atoms with Crippen molar-refractivity contribution in [2.45, 2.75) is 12.8 Å². The summed E-state index contributed by atoms with van der Waals surface area (Å²) in [6.07, 6.45) is 2.43. The average Bonchev–Trinajstić information content (AvgIpc) is 3.18. The van der Waals surface area contributed by atoms with Crippen molar-refractivity contribution in [1.82, 2.24) is 25.2 Å². The first-order valence-electron chi connectivity index (χ1n) is 9.61. The zero-order valence-corrected chi connectivity index (χ0v) is 15.8. The number of ether oxygens (including phenoxy) is 2. The van der Waals surface area contributed by atoms with Crippen LogP contribution in [0.25, 0.3) is 11.3 Å². The van der Waals surface area contributed by atoms with Crippen LogP contribution < -0.4 is 10.2 Å². The molecular formula is C17H27N7O3. The molecule has 10 heteroatoms. The van der Waals surface area contributed by atoms with Gasteiger partial charge < -0.3 is 24.6 Å². The molecule has 0 unspecified atom stereocenters. The van der Waals surface area contributed by atoms with Crippen molar-refractivity contribution in [3.05, 3.63) is 0 Å². The lowest BCUT2D eigenvalue weighted by molar-refractivity contribution is 0.117. The molecule has 2 fully saturated rings. The number of rotatable bonds is 7. The SMILES string of the molecule is COCCN1CCC[C@@H](CNc2nc3nonc3nc2N2CCOCC2)C1. The van der Waals surface area contributed by atoms with Gasteiger partial charge in [-0.15, -0.1) is 0 Å². The Morgan fingerprint density at radius 1 is 1.15 bits per heavy atom. The van der Waals surface area contributed by atoms with Crippen molar-refractivity contribution in [3.63, 3.8) is 0 Å². The molecule has 2 aliphatic heterocycles. The number of methoxy groups -OCH3 is 1. The summed E-state index contributed by atoms with van der Waals surface area (Å²) in [4.78, 5) is 13.9. The van der Waals surface area contributed by atoms with Crippen LogP contribution in [0.2, 0.25) is 0 Å². The van der Waals surface area contributed by atoms with Gasteiger partial charge in [0, 0.05) is 39.8 Å². The second-order valence-electron chi connectivity index (χ2n) is 7.09. The van der Waals surface area contributed by atoms with E-state index in [9.17, 15) is 0 Å². The predicted octanol–water partition coefficient (Wildman–Crippen LogP) is 0.620. The lowest BCUT2D eigenvalue weighted by atomic mass is 9.98. The van der Waals surface area contributed by atoms with E-state index in [0.717, 1.165) is 57.5 Å². The Bertz CT molecular complexity index is 734. The summed E-state index contributed by atoms with van der Waals surface area (Å²) in [5.74, 6) is 2.11. The molecule has 2 saturated heterocycles. The van der Waals surface area contributed by atoms with E-state index in [-0.39, 0.29) is 0 Å². The van der Waals surface area contributed by atoms with E-state index in [1.54, 1.807) is 7.11 Å². The number of aromatic nitrogens is 4. The molecule has 1 atom stereocenters. The topological polar surface area (TPSA) is 102 Å². The number of hydrogen-bond acceptors (Lipinski definition) is 10. The molecule has 0 bridgehead atoms. The Morgan fingerprint density at radius 2 is 1.96 bits per heavy atom. The second kappa shape index (κ2) is 8.77. The van der Waals surface area contributed by atoms with Gasteiger partial charge >= 0.3 is 0 Å². The van der Waals surface area contributed by atoms with E-state index >= 15 is 0 Å². The number of nitrogens with one attached hydrogen (secondary N) is 1. The van der Waals surface area contributed by atoms with Gasteiger partial charge in [0.15, 0.2) is 11.6 Å². The van der Waals surface area contributed by atoms with Crippen molar-refractivity contribution < 1.29 is 14.1 Å². The molecule has 0 saturated carbocycles. The van der Waals surface area contributed by atoms with Gasteiger partial charge in [0.1, 0.15) is 0 Å². The van der Waals surface area contributed by atoms with Gasteiger partial charge in [-0.2, -0.15) is 0 Å². The lowest BCUT2D eigenvalue weighted by Crippen LogP contribution is -2.40. The zero-order valence-electron chi connectivity index (χ0n) is 15.8. The van der Waals surface area contributed by atoms with Crippen LogP contribution in [-0.4, -0.2) is 91.4 Å². The number of piperidine rings is 1. The van der Waals surface area contributed by atoms with Gasteiger partial charge in [-0.1, -0.05) is 0 Å². The van der Waals surface area contributed by atoms with E-state index in [0.29, 0.717) is 30.4 Å². The third-order valence-electron chi connectivity index (χ3n) is 5.18. The molecular weight excluding hydrogens is 350 g/mol. The highest BCUT2D eigenvalue weighted by Crippen LogP contribution is 2.25. The minimum absolute atomic E-state index is 0.430. The summed E-state index contributed by atoms with van der Waals surface area (Å²) in [5, 5.41) is 11.2. The number of nitrogens with zero attached hydrogens (tertiary/aromatic N) is 6. The lowest BCUT2D eigenvalue weighted by Gasteiger charge is -2.33. The fourth-order valence-corrected chi connectivity index (χ4v) is 3.73. The van der Waals surface area contributed by atoms with Crippen LogP contribution in [-0.2, 0) is 9.47 Å². The minimum atomic E-state index is 0.430. The van der Waals surface area contributed by atoms with Crippen molar-refractivity contribution in [1.29, 1.82) is 0 Å². The summed E-state index contributed by atoms with van der Waals surface area (Å²) >= 11 is 0. The monoisotopic (exact) mass is 377 g/mol. The standard InChI is InChI=1S/C17H27N7O3/c1-25-8-5-23-4-2-3-13(12-23)11-18-16-17(24-6-9-26-10-7-24)20-15-14(19-16)21-27-22-15/h13H,2-12H2,1H3,(H,18,19,21)/t13-/m0/s1. The number of fused-ring (bicyclic) bond motifs is 1. The number of anilines is 2. The number of hydrogen-bond donors (Lipinski definition) is 1. The molecule has 0 spiro atoms. The second-order valence-corrected chi connectivity index (χ2v) is 7.09. The summed E-state index contributed by atoms with van der Waals surface area (Å²) in [6.45, 7) is 7.79. The molecule has 0 aromatic carbocycles. The highest BCUT2D eigenvalue weighted by molar-refractivity contribution is 5.74. The van der Waals surface area contributed by atoms with Crippen LogP contribution in [0.1, 0.15) is 12.8 Å². The van der Waals surface area contributed by atoms with Gasteiger partial charge in [0.2, 0.25) is 11.3 Å². The molecule has 2 aromatic heterocycles.